The Morgan fingerprint density at radius 2 is 2.19 bits per heavy atom. The van der Waals surface area contributed by atoms with Crippen LogP contribution >= 0.6 is 11.8 Å². The van der Waals surface area contributed by atoms with Crippen LogP contribution in [0.15, 0.2) is 4.63 Å². The first-order valence-electron chi connectivity index (χ1n) is 5.65. The molecule has 0 aliphatic carbocycles. The van der Waals surface area contributed by atoms with Gasteiger partial charge in [0.15, 0.2) is 0 Å². The third kappa shape index (κ3) is 3.47. The minimum Gasteiger partial charge on any atom is -0.310 e. The molecule has 16 heavy (non-hydrogen) atoms. The molecule has 0 aromatic carbocycles. The molecule has 0 bridgehead atoms. The summed E-state index contributed by atoms with van der Waals surface area (Å²) in [4.78, 5) is 2.50. The van der Waals surface area contributed by atoms with Crippen LogP contribution < -0.4 is 5.32 Å². The van der Waals surface area contributed by atoms with E-state index in [0.29, 0.717) is 0 Å². The lowest BCUT2D eigenvalue weighted by atomic mass is 10.3. The van der Waals surface area contributed by atoms with Gasteiger partial charge in [0.05, 0.1) is 0 Å². The zero-order valence-corrected chi connectivity index (χ0v) is 10.4. The van der Waals surface area contributed by atoms with Gasteiger partial charge >= 0.3 is 0 Å². The predicted molar refractivity (Wildman–Crippen MR) is 64.5 cm³/mol. The summed E-state index contributed by atoms with van der Waals surface area (Å²) in [5, 5.41) is 10.9. The first-order chi connectivity index (χ1) is 7.86. The fourth-order valence-corrected chi connectivity index (χ4v) is 2.66. The Hall–Kier alpha value is -0.590. The lowest BCUT2D eigenvalue weighted by Gasteiger charge is -2.25. The molecule has 1 aliphatic heterocycles. The van der Waals surface area contributed by atoms with Crippen molar-refractivity contribution in [1.82, 2.24) is 20.5 Å². The normalized spacial score (nSPS) is 17.8. The van der Waals surface area contributed by atoms with Crippen LogP contribution in [0.25, 0.3) is 0 Å². The van der Waals surface area contributed by atoms with E-state index in [9.17, 15) is 0 Å². The smallest absolute Gasteiger partial charge is 0.121 e. The Labute approximate surface area is 99.9 Å². The summed E-state index contributed by atoms with van der Waals surface area (Å²) in [7, 11) is 0. The second-order valence-corrected chi connectivity index (χ2v) is 5.15. The fourth-order valence-electron chi connectivity index (χ4n) is 1.68. The molecule has 1 fully saturated rings. The molecule has 1 saturated heterocycles. The van der Waals surface area contributed by atoms with Crippen LogP contribution in [0.1, 0.15) is 11.4 Å². The van der Waals surface area contributed by atoms with Crippen molar-refractivity contribution >= 4 is 11.8 Å². The molecule has 1 aromatic heterocycles. The molecule has 2 heterocycles. The molecular weight excluding hydrogens is 224 g/mol. The standard InChI is InChI=1S/C10H18N4OS/c1-9-10(13-15-12-9)8-11-2-3-14-4-6-16-7-5-14/h11H,2-8H2,1H3. The van der Waals surface area contributed by atoms with Crippen LogP contribution in [0, 0.1) is 6.92 Å². The quantitative estimate of drug-likeness (QED) is 0.760. The second-order valence-electron chi connectivity index (χ2n) is 3.93. The Bertz CT molecular complexity index is 312. The molecular formula is C10H18N4OS. The summed E-state index contributed by atoms with van der Waals surface area (Å²) >= 11 is 2.05. The molecule has 6 heteroatoms. The summed E-state index contributed by atoms with van der Waals surface area (Å²) in [5.41, 5.74) is 1.79. The van der Waals surface area contributed by atoms with Gasteiger partial charge in [-0.3, -0.25) is 0 Å². The van der Waals surface area contributed by atoms with Crippen molar-refractivity contribution < 1.29 is 4.63 Å². The zero-order chi connectivity index (χ0) is 11.2. The lowest BCUT2D eigenvalue weighted by Crippen LogP contribution is -2.37. The molecule has 1 aliphatic rings. The van der Waals surface area contributed by atoms with Crippen molar-refractivity contribution in [1.29, 1.82) is 0 Å². The van der Waals surface area contributed by atoms with Crippen LogP contribution in [0.5, 0.6) is 0 Å². The minimum absolute atomic E-state index is 0.748. The van der Waals surface area contributed by atoms with E-state index in [4.69, 9.17) is 0 Å². The van der Waals surface area contributed by atoms with E-state index in [1.165, 1.54) is 24.6 Å². The second kappa shape index (κ2) is 6.22. The molecule has 0 unspecified atom stereocenters. The van der Waals surface area contributed by atoms with Crippen molar-refractivity contribution in [3.8, 4) is 0 Å². The van der Waals surface area contributed by atoms with E-state index >= 15 is 0 Å². The molecule has 0 radical (unpaired) electrons. The molecule has 1 aromatic rings. The number of thioether (sulfide) groups is 1. The van der Waals surface area contributed by atoms with Gasteiger partial charge in [0.2, 0.25) is 0 Å². The number of nitrogens with one attached hydrogen (secondary N) is 1. The van der Waals surface area contributed by atoms with Gasteiger partial charge in [-0.1, -0.05) is 10.3 Å². The molecule has 2 rings (SSSR count). The minimum atomic E-state index is 0.748. The van der Waals surface area contributed by atoms with Crippen molar-refractivity contribution in [2.75, 3.05) is 37.7 Å². The average molecular weight is 242 g/mol. The first-order valence-corrected chi connectivity index (χ1v) is 6.80. The molecule has 5 nitrogen and oxygen atoms in total. The Morgan fingerprint density at radius 1 is 1.38 bits per heavy atom. The molecule has 0 saturated carbocycles. The predicted octanol–water partition coefficient (Wildman–Crippen LogP) is 0.516. The Balaban J connectivity index is 1.59. The van der Waals surface area contributed by atoms with Crippen LogP contribution in [0.3, 0.4) is 0 Å². The number of aromatic nitrogens is 2. The van der Waals surface area contributed by atoms with Gasteiger partial charge < -0.3 is 10.2 Å². The van der Waals surface area contributed by atoms with E-state index in [0.717, 1.165) is 31.0 Å². The molecule has 0 amide bonds. The van der Waals surface area contributed by atoms with Gasteiger partial charge in [0, 0.05) is 44.2 Å². The van der Waals surface area contributed by atoms with Crippen LogP contribution in [0.4, 0.5) is 0 Å². The summed E-state index contributed by atoms with van der Waals surface area (Å²) in [5.74, 6) is 2.54. The largest absolute Gasteiger partial charge is 0.310 e. The molecule has 0 spiro atoms. The van der Waals surface area contributed by atoms with Gasteiger partial charge in [0.25, 0.3) is 0 Å². The van der Waals surface area contributed by atoms with Crippen LogP contribution in [-0.4, -0.2) is 52.9 Å². The van der Waals surface area contributed by atoms with E-state index in [1.54, 1.807) is 0 Å². The number of nitrogens with zero attached hydrogens (tertiary/aromatic N) is 3. The monoisotopic (exact) mass is 242 g/mol. The molecule has 0 atom stereocenters. The summed E-state index contributed by atoms with van der Waals surface area (Å²) in [6, 6.07) is 0. The maximum absolute atomic E-state index is 4.64. The Morgan fingerprint density at radius 3 is 2.88 bits per heavy atom. The number of rotatable bonds is 5. The third-order valence-corrected chi connectivity index (χ3v) is 3.69. The van der Waals surface area contributed by atoms with Crippen LogP contribution in [-0.2, 0) is 6.54 Å². The van der Waals surface area contributed by atoms with E-state index < -0.39 is 0 Å². The summed E-state index contributed by atoms with van der Waals surface area (Å²) in [6.07, 6.45) is 0. The SMILES string of the molecule is Cc1nonc1CNCCN1CCSCC1. The highest BCUT2D eigenvalue weighted by Crippen LogP contribution is 2.08. The van der Waals surface area contributed by atoms with Crippen molar-refractivity contribution in [3.63, 3.8) is 0 Å². The highest BCUT2D eigenvalue weighted by Gasteiger charge is 2.09. The topological polar surface area (TPSA) is 54.2 Å². The van der Waals surface area contributed by atoms with Gasteiger partial charge in [-0.2, -0.15) is 11.8 Å². The highest BCUT2D eigenvalue weighted by molar-refractivity contribution is 7.99. The maximum atomic E-state index is 4.64. The third-order valence-electron chi connectivity index (χ3n) is 2.75. The van der Waals surface area contributed by atoms with Gasteiger partial charge in [-0.15, -0.1) is 0 Å². The van der Waals surface area contributed by atoms with Crippen molar-refractivity contribution in [3.05, 3.63) is 11.4 Å². The molecule has 90 valence electrons. The number of hydrogen-bond acceptors (Lipinski definition) is 6. The number of hydrogen-bond donors (Lipinski definition) is 1. The van der Waals surface area contributed by atoms with Gasteiger partial charge in [0.1, 0.15) is 11.4 Å². The maximum Gasteiger partial charge on any atom is 0.121 e. The van der Waals surface area contributed by atoms with E-state index in [2.05, 4.69) is 25.2 Å². The lowest BCUT2D eigenvalue weighted by molar-refractivity contribution is 0.294. The zero-order valence-electron chi connectivity index (χ0n) is 9.61. The highest BCUT2D eigenvalue weighted by atomic mass is 32.2. The fraction of sp³-hybridized carbons (Fsp3) is 0.800. The first kappa shape index (κ1) is 11.9. The Kier molecular flexibility index (Phi) is 4.62. The van der Waals surface area contributed by atoms with E-state index in [-0.39, 0.29) is 0 Å². The average Bonchev–Trinajstić information content (AvgIpc) is 2.72. The number of aryl methyl sites for hydroxylation is 1. The van der Waals surface area contributed by atoms with Crippen molar-refractivity contribution in [2.24, 2.45) is 0 Å². The summed E-state index contributed by atoms with van der Waals surface area (Å²) in [6.45, 7) is 7.21. The van der Waals surface area contributed by atoms with E-state index in [1.807, 2.05) is 18.7 Å². The van der Waals surface area contributed by atoms with Crippen LogP contribution in [0.2, 0.25) is 0 Å². The van der Waals surface area contributed by atoms with Crippen molar-refractivity contribution in [2.45, 2.75) is 13.5 Å². The van der Waals surface area contributed by atoms with Gasteiger partial charge in [-0.25, -0.2) is 4.63 Å². The molecule has 1 N–H and O–H groups in total. The summed E-state index contributed by atoms with van der Waals surface area (Å²) < 4.78 is 4.64. The van der Waals surface area contributed by atoms with Gasteiger partial charge in [-0.05, 0) is 6.92 Å².